The highest BCUT2D eigenvalue weighted by Gasteiger charge is 2.18. The summed E-state index contributed by atoms with van der Waals surface area (Å²) in [7, 11) is 1.96. The van der Waals surface area contributed by atoms with Crippen LogP contribution in [0.2, 0.25) is 5.02 Å². The summed E-state index contributed by atoms with van der Waals surface area (Å²) in [6, 6.07) is 14.6. The lowest BCUT2D eigenvalue weighted by atomic mass is 10.1. The van der Waals surface area contributed by atoms with Crippen molar-refractivity contribution in [3.05, 3.63) is 53.1 Å². The molecule has 146 valence electrons. The normalized spacial score (nSPS) is 15.8. The minimum absolute atomic E-state index is 0.611. The summed E-state index contributed by atoms with van der Waals surface area (Å²) < 4.78 is 6.11. The van der Waals surface area contributed by atoms with Gasteiger partial charge in [0.2, 0.25) is 0 Å². The summed E-state index contributed by atoms with van der Waals surface area (Å²) in [4.78, 5) is 5.06. The molecule has 0 saturated carbocycles. The molecule has 1 N–H and O–H groups in total. The number of anilines is 1. The minimum atomic E-state index is 0.611. The van der Waals surface area contributed by atoms with Gasteiger partial charge in [0.05, 0.1) is 0 Å². The van der Waals surface area contributed by atoms with Gasteiger partial charge in [-0.15, -0.1) is 0 Å². The van der Waals surface area contributed by atoms with E-state index in [1.807, 2.05) is 31.3 Å². The number of ether oxygens (including phenoxy) is 1. The number of benzene rings is 2. The molecule has 2 aromatic rings. The van der Waals surface area contributed by atoms with Gasteiger partial charge < -0.3 is 15.0 Å². The lowest BCUT2D eigenvalue weighted by Gasteiger charge is -2.26. The third-order valence-electron chi connectivity index (χ3n) is 5.08. The Morgan fingerprint density at radius 3 is 2.52 bits per heavy atom. The smallest absolute Gasteiger partial charge is 0.132 e. The molecule has 2 aromatic carbocycles. The molecule has 0 spiro atoms. The molecule has 1 aliphatic rings. The second-order valence-electron chi connectivity index (χ2n) is 7.35. The van der Waals surface area contributed by atoms with E-state index in [9.17, 15) is 0 Å². The molecular formula is C22H30ClN3O. The van der Waals surface area contributed by atoms with Crippen LogP contribution in [0.15, 0.2) is 42.5 Å². The van der Waals surface area contributed by atoms with Crippen LogP contribution in [0.1, 0.15) is 25.8 Å². The van der Waals surface area contributed by atoms with Gasteiger partial charge in [-0.3, -0.25) is 4.90 Å². The quantitative estimate of drug-likeness (QED) is 0.772. The van der Waals surface area contributed by atoms with Crippen LogP contribution in [0.3, 0.4) is 0 Å². The maximum absolute atomic E-state index is 6.11. The van der Waals surface area contributed by atoms with E-state index in [2.05, 4.69) is 47.2 Å². The zero-order valence-corrected chi connectivity index (χ0v) is 17.3. The van der Waals surface area contributed by atoms with Crippen LogP contribution in [-0.4, -0.2) is 44.2 Å². The van der Waals surface area contributed by atoms with Crippen LogP contribution in [-0.2, 0) is 6.54 Å². The van der Waals surface area contributed by atoms with Crippen molar-refractivity contribution < 1.29 is 4.74 Å². The van der Waals surface area contributed by atoms with Crippen LogP contribution >= 0.6 is 11.6 Å². The number of nitrogens with one attached hydrogen (secondary N) is 1. The van der Waals surface area contributed by atoms with Crippen molar-refractivity contribution in [2.45, 2.75) is 32.9 Å². The predicted octanol–water partition coefficient (Wildman–Crippen LogP) is 4.77. The summed E-state index contributed by atoms with van der Waals surface area (Å²) in [6.07, 6.45) is 1.20. The first-order valence-corrected chi connectivity index (χ1v) is 10.1. The average molecular weight is 388 g/mol. The fourth-order valence-corrected chi connectivity index (χ4v) is 3.66. The van der Waals surface area contributed by atoms with Gasteiger partial charge in [0.25, 0.3) is 0 Å². The van der Waals surface area contributed by atoms with E-state index in [4.69, 9.17) is 16.3 Å². The van der Waals surface area contributed by atoms with E-state index in [1.54, 1.807) is 0 Å². The van der Waals surface area contributed by atoms with E-state index >= 15 is 0 Å². The summed E-state index contributed by atoms with van der Waals surface area (Å²) in [5, 5.41) is 3.97. The van der Waals surface area contributed by atoms with Gasteiger partial charge in [0.15, 0.2) is 0 Å². The van der Waals surface area contributed by atoms with Crippen LogP contribution < -0.4 is 15.0 Å². The highest BCUT2D eigenvalue weighted by molar-refractivity contribution is 6.30. The van der Waals surface area contributed by atoms with Crippen LogP contribution in [0.25, 0.3) is 0 Å². The van der Waals surface area contributed by atoms with Crippen molar-refractivity contribution >= 4 is 17.3 Å². The fourth-order valence-electron chi connectivity index (χ4n) is 3.53. The van der Waals surface area contributed by atoms with Crippen LogP contribution in [0, 0.1) is 0 Å². The highest BCUT2D eigenvalue weighted by atomic mass is 35.5. The first-order chi connectivity index (χ1) is 13.1. The van der Waals surface area contributed by atoms with Crippen molar-refractivity contribution in [3.8, 4) is 11.5 Å². The predicted molar refractivity (Wildman–Crippen MR) is 114 cm³/mol. The van der Waals surface area contributed by atoms with E-state index in [-0.39, 0.29) is 0 Å². The average Bonchev–Trinajstić information content (AvgIpc) is 2.91. The van der Waals surface area contributed by atoms with Gasteiger partial charge >= 0.3 is 0 Å². The number of nitrogens with zero attached hydrogens (tertiary/aromatic N) is 2. The zero-order chi connectivity index (χ0) is 19.2. The Morgan fingerprint density at radius 2 is 1.81 bits per heavy atom. The summed E-state index contributed by atoms with van der Waals surface area (Å²) in [5.41, 5.74) is 2.43. The van der Waals surface area contributed by atoms with E-state index in [1.165, 1.54) is 18.7 Å². The largest absolute Gasteiger partial charge is 0.457 e. The van der Waals surface area contributed by atoms with Gasteiger partial charge in [0.1, 0.15) is 11.5 Å². The van der Waals surface area contributed by atoms with Crippen molar-refractivity contribution in [3.63, 3.8) is 0 Å². The standard InChI is InChI=1S/C22H30ClN3O/c1-17(2)25-11-4-12-26(14-13-25)20-7-10-22(18(15-20)16-24-3)27-21-8-5-19(23)6-9-21/h5-10,15,17,24H,4,11-14,16H2,1-3H3. The molecular weight excluding hydrogens is 358 g/mol. The number of hydrogen-bond donors (Lipinski definition) is 1. The second kappa shape index (κ2) is 9.45. The maximum Gasteiger partial charge on any atom is 0.132 e. The van der Waals surface area contributed by atoms with Gasteiger partial charge in [-0.1, -0.05) is 11.6 Å². The highest BCUT2D eigenvalue weighted by Crippen LogP contribution is 2.30. The second-order valence-corrected chi connectivity index (χ2v) is 7.79. The Morgan fingerprint density at radius 1 is 1.04 bits per heavy atom. The maximum atomic E-state index is 6.11. The third kappa shape index (κ3) is 5.38. The Labute approximate surface area is 168 Å². The van der Waals surface area contributed by atoms with Crippen molar-refractivity contribution in [2.24, 2.45) is 0 Å². The Bertz CT molecular complexity index is 733. The summed E-state index contributed by atoms with van der Waals surface area (Å²) in [6.45, 7) is 9.78. The molecule has 0 aliphatic carbocycles. The Hall–Kier alpha value is -1.75. The molecule has 0 atom stereocenters. The molecule has 1 saturated heterocycles. The molecule has 1 fully saturated rings. The third-order valence-corrected chi connectivity index (χ3v) is 5.33. The lowest BCUT2D eigenvalue weighted by molar-refractivity contribution is 0.238. The van der Waals surface area contributed by atoms with E-state index in [0.717, 1.165) is 43.2 Å². The van der Waals surface area contributed by atoms with Crippen LogP contribution in [0.5, 0.6) is 11.5 Å². The van der Waals surface area contributed by atoms with Gasteiger partial charge in [0, 0.05) is 55.0 Å². The van der Waals surface area contributed by atoms with Crippen molar-refractivity contribution in [1.82, 2.24) is 10.2 Å². The van der Waals surface area contributed by atoms with E-state index in [0.29, 0.717) is 11.1 Å². The van der Waals surface area contributed by atoms with E-state index < -0.39 is 0 Å². The van der Waals surface area contributed by atoms with Crippen molar-refractivity contribution in [1.29, 1.82) is 0 Å². The van der Waals surface area contributed by atoms with Gasteiger partial charge in [-0.2, -0.15) is 0 Å². The molecule has 0 radical (unpaired) electrons. The summed E-state index contributed by atoms with van der Waals surface area (Å²) in [5.74, 6) is 1.68. The number of halogens is 1. The molecule has 0 aromatic heterocycles. The summed E-state index contributed by atoms with van der Waals surface area (Å²) >= 11 is 5.97. The molecule has 1 heterocycles. The first kappa shape index (κ1) is 20.0. The molecule has 27 heavy (non-hydrogen) atoms. The molecule has 4 nitrogen and oxygen atoms in total. The van der Waals surface area contributed by atoms with Gasteiger partial charge in [-0.25, -0.2) is 0 Å². The van der Waals surface area contributed by atoms with Crippen LogP contribution in [0.4, 0.5) is 5.69 Å². The molecule has 1 aliphatic heterocycles. The topological polar surface area (TPSA) is 27.7 Å². The lowest BCUT2D eigenvalue weighted by Crippen LogP contribution is -2.35. The Kier molecular flexibility index (Phi) is 7.00. The minimum Gasteiger partial charge on any atom is -0.457 e. The first-order valence-electron chi connectivity index (χ1n) is 9.77. The fraction of sp³-hybridized carbons (Fsp3) is 0.455. The van der Waals surface area contributed by atoms with Gasteiger partial charge in [-0.05, 0) is 69.8 Å². The SMILES string of the molecule is CNCc1cc(N2CCCN(C(C)C)CC2)ccc1Oc1ccc(Cl)cc1. The molecule has 5 heteroatoms. The zero-order valence-electron chi connectivity index (χ0n) is 16.5. The monoisotopic (exact) mass is 387 g/mol. The Balaban J connectivity index is 1.77. The molecule has 0 amide bonds. The molecule has 0 unspecified atom stereocenters. The van der Waals surface area contributed by atoms with Crippen molar-refractivity contribution in [2.75, 3.05) is 38.1 Å². The molecule has 3 rings (SSSR count). The number of hydrogen-bond acceptors (Lipinski definition) is 4. The number of rotatable bonds is 6. The molecule has 0 bridgehead atoms.